The number of rotatable bonds is 2. The summed E-state index contributed by atoms with van der Waals surface area (Å²) in [5.41, 5.74) is 6.28. The molecule has 2 aromatic carbocycles. The van der Waals surface area contributed by atoms with Crippen LogP contribution in [0.15, 0.2) is 24.3 Å². The van der Waals surface area contributed by atoms with Crippen molar-refractivity contribution in [1.82, 2.24) is 0 Å². The van der Waals surface area contributed by atoms with Gasteiger partial charge in [0.05, 0.1) is 15.6 Å². The summed E-state index contributed by atoms with van der Waals surface area (Å²) in [6.45, 7) is 1.53. The van der Waals surface area contributed by atoms with Crippen LogP contribution in [0.3, 0.4) is 0 Å². The number of benzene rings is 2. The molecular formula is C14H9Cl3FNO. The number of nitrogens with two attached hydrogens (primary N) is 1. The summed E-state index contributed by atoms with van der Waals surface area (Å²) in [6.07, 6.45) is 0. The van der Waals surface area contributed by atoms with Gasteiger partial charge in [-0.2, -0.15) is 0 Å². The molecule has 2 nitrogen and oxygen atoms in total. The average molecular weight is 333 g/mol. The number of ketones is 1. The third-order valence-corrected chi connectivity index (χ3v) is 3.70. The third kappa shape index (κ3) is 2.75. The first-order chi connectivity index (χ1) is 9.31. The molecule has 0 radical (unpaired) electrons. The molecule has 0 atom stereocenters. The zero-order valence-electron chi connectivity index (χ0n) is 10.3. The van der Waals surface area contributed by atoms with Crippen molar-refractivity contribution in [3.05, 3.63) is 61.8 Å². The van der Waals surface area contributed by atoms with Crippen LogP contribution in [0.25, 0.3) is 0 Å². The predicted molar refractivity (Wildman–Crippen MR) is 80.5 cm³/mol. The van der Waals surface area contributed by atoms with Crippen LogP contribution < -0.4 is 5.73 Å². The highest BCUT2D eigenvalue weighted by molar-refractivity contribution is 6.43. The molecule has 104 valence electrons. The summed E-state index contributed by atoms with van der Waals surface area (Å²) in [5.74, 6) is -1.07. The molecule has 0 saturated heterocycles. The minimum atomic E-state index is -0.561. The molecule has 0 unspecified atom stereocenters. The summed E-state index contributed by atoms with van der Waals surface area (Å²) in [7, 11) is 0. The van der Waals surface area contributed by atoms with Crippen LogP contribution in [0.1, 0.15) is 21.5 Å². The van der Waals surface area contributed by atoms with Crippen molar-refractivity contribution in [2.24, 2.45) is 0 Å². The largest absolute Gasteiger partial charge is 0.398 e. The van der Waals surface area contributed by atoms with E-state index in [1.165, 1.54) is 25.1 Å². The molecule has 0 aliphatic carbocycles. The van der Waals surface area contributed by atoms with Crippen LogP contribution in [-0.2, 0) is 0 Å². The standard InChI is InChI=1S/C14H9Cl3FNO/c1-6-11(18)2-7(3-12(6)19)14(20)13-9(16)4-8(15)5-10(13)17/h2-5H,19H2,1H3. The van der Waals surface area contributed by atoms with E-state index >= 15 is 0 Å². The number of carbonyl (C=O) groups is 1. The normalized spacial score (nSPS) is 10.7. The smallest absolute Gasteiger partial charge is 0.196 e. The highest BCUT2D eigenvalue weighted by Gasteiger charge is 2.19. The van der Waals surface area contributed by atoms with Crippen molar-refractivity contribution < 1.29 is 9.18 Å². The number of hydrogen-bond donors (Lipinski definition) is 1. The minimum absolute atomic E-state index is 0.0698. The molecule has 0 aromatic heterocycles. The van der Waals surface area contributed by atoms with Gasteiger partial charge in [0.15, 0.2) is 5.78 Å². The second-order valence-corrected chi connectivity index (χ2v) is 5.50. The molecule has 0 aliphatic heterocycles. The highest BCUT2D eigenvalue weighted by atomic mass is 35.5. The van der Waals surface area contributed by atoms with E-state index in [4.69, 9.17) is 40.5 Å². The molecule has 0 aliphatic rings. The van der Waals surface area contributed by atoms with Gasteiger partial charge in [-0.25, -0.2) is 4.39 Å². The Bertz CT molecular complexity index is 670. The van der Waals surface area contributed by atoms with Gasteiger partial charge in [0.1, 0.15) is 5.82 Å². The highest BCUT2D eigenvalue weighted by Crippen LogP contribution is 2.31. The minimum Gasteiger partial charge on any atom is -0.398 e. The van der Waals surface area contributed by atoms with Crippen molar-refractivity contribution >= 4 is 46.3 Å². The quantitative estimate of drug-likeness (QED) is 0.627. The van der Waals surface area contributed by atoms with Crippen LogP contribution in [0.4, 0.5) is 10.1 Å². The zero-order valence-corrected chi connectivity index (χ0v) is 12.6. The average Bonchev–Trinajstić information content (AvgIpc) is 2.33. The molecule has 2 N–H and O–H groups in total. The Morgan fingerprint density at radius 2 is 1.65 bits per heavy atom. The molecule has 0 spiro atoms. The Morgan fingerprint density at radius 3 is 2.15 bits per heavy atom. The molecule has 0 fully saturated rings. The number of carbonyl (C=O) groups excluding carboxylic acids is 1. The van der Waals surface area contributed by atoms with Gasteiger partial charge < -0.3 is 5.73 Å². The van der Waals surface area contributed by atoms with Crippen molar-refractivity contribution in [3.8, 4) is 0 Å². The van der Waals surface area contributed by atoms with Crippen molar-refractivity contribution in [3.63, 3.8) is 0 Å². The molecule has 20 heavy (non-hydrogen) atoms. The first kappa shape index (κ1) is 15.1. The molecule has 2 rings (SSSR count). The SMILES string of the molecule is Cc1c(N)cc(C(=O)c2c(Cl)cc(Cl)cc2Cl)cc1F. The molecule has 2 aromatic rings. The summed E-state index contributed by atoms with van der Waals surface area (Å²) < 4.78 is 13.7. The molecule has 0 bridgehead atoms. The first-order valence-corrected chi connectivity index (χ1v) is 6.69. The second kappa shape index (κ2) is 5.60. The Hall–Kier alpha value is -1.29. The third-order valence-electron chi connectivity index (χ3n) is 2.88. The summed E-state index contributed by atoms with van der Waals surface area (Å²) in [6, 6.07) is 5.30. The maximum absolute atomic E-state index is 13.7. The molecule has 6 heteroatoms. The van der Waals surface area contributed by atoms with E-state index in [0.717, 1.165) is 6.07 Å². The van der Waals surface area contributed by atoms with Crippen LogP contribution in [0.5, 0.6) is 0 Å². The number of anilines is 1. The monoisotopic (exact) mass is 331 g/mol. The lowest BCUT2D eigenvalue weighted by Gasteiger charge is -2.09. The fourth-order valence-corrected chi connectivity index (χ4v) is 2.72. The van der Waals surface area contributed by atoms with Crippen LogP contribution >= 0.6 is 34.8 Å². The lowest BCUT2D eigenvalue weighted by atomic mass is 10.0. The fraction of sp³-hybridized carbons (Fsp3) is 0.0714. The molecule has 0 saturated carbocycles. The lowest BCUT2D eigenvalue weighted by molar-refractivity contribution is 0.103. The maximum atomic E-state index is 13.7. The Kier molecular flexibility index (Phi) is 4.23. The van der Waals surface area contributed by atoms with E-state index in [-0.39, 0.29) is 32.4 Å². The van der Waals surface area contributed by atoms with E-state index in [0.29, 0.717) is 5.02 Å². The van der Waals surface area contributed by atoms with Crippen molar-refractivity contribution in [2.45, 2.75) is 6.92 Å². The van der Waals surface area contributed by atoms with Gasteiger partial charge in [0.2, 0.25) is 0 Å². The molecule has 0 amide bonds. The Balaban J connectivity index is 2.58. The lowest BCUT2D eigenvalue weighted by Crippen LogP contribution is -2.06. The number of nitrogen functional groups attached to an aromatic ring is 1. The number of halogens is 4. The van der Waals surface area contributed by atoms with Crippen LogP contribution in [0.2, 0.25) is 15.1 Å². The van der Waals surface area contributed by atoms with Gasteiger partial charge in [-0.05, 0) is 31.2 Å². The maximum Gasteiger partial charge on any atom is 0.196 e. The van der Waals surface area contributed by atoms with Gasteiger partial charge >= 0.3 is 0 Å². The Morgan fingerprint density at radius 1 is 1.10 bits per heavy atom. The number of hydrogen-bond acceptors (Lipinski definition) is 2. The summed E-state index contributed by atoms with van der Waals surface area (Å²) >= 11 is 17.7. The van der Waals surface area contributed by atoms with Gasteiger partial charge in [-0.15, -0.1) is 0 Å². The van der Waals surface area contributed by atoms with Crippen LogP contribution in [0, 0.1) is 12.7 Å². The Labute approximate surface area is 130 Å². The van der Waals surface area contributed by atoms with Gasteiger partial charge in [-0.3, -0.25) is 4.79 Å². The van der Waals surface area contributed by atoms with E-state index < -0.39 is 11.6 Å². The summed E-state index contributed by atoms with van der Waals surface area (Å²) in [5, 5.41) is 0.519. The molecule has 0 heterocycles. The van der Waals surface area contributed by atoms with Gasteiger partial charge in [-0.1, -0.05) is 34.8 Å². The topological polar surface area (TPSA) is 43.1 Å². The van der Waals surface area contributed by atoms with Crippen LogP contribution in [-0.4, -0.2) is 5.78 Å². The predicted octanol–water partition coefficient (Wildman–Crippen LogP) is 4.91. The van der Waals surface area contributed by atoms with E-state index in [1.54, 1.807) is 0 Å². The fourth-order valence-electron chi connectivity index (χ4n) is 1.73. The van der Waals surface area contributed by atoms with E-state index in [9.17, 15) is 9.18 Å². The van der Waals surface area contributed by atoms with Crippen molar-refractivity contribution in [1.29, 1.82) is 0 Å². The molecular weight excluding hydrogens is 324 g/mol. The van der Waals surface area contributed by atoms with Crippen molar-refractivity contribution in [2.75, 3.05) is 5.73 Å². The van der Waals surface area contributed by atoms with Gasteiger partial charge in [0, 0.05) is 21.8 Å². The van der Waals surface area contributed by atoms with Gasteiger partial charge in [0.25, 0.3) is 0 Å². The van der Waals surface area contributed by atoms with E-state index in [2.05, 4.69) is 0 Å². The van der Waals surface area contributed by atoms with E-state index in [1.807, 2.05) is 0 Å². The second-order valence-electron chi connectivity index (χ2n) is 4.25. The summed E-state index contributed by atoms with van der Waals surface area (Å²) in [4.78, 5) is 12.4. The zero-order chi connectivity index (χ0) is 15.0. The first-order valence-electron chi connectivity index (χ1n) is 5.56.